The Morgan fingerprint density at radius 3 is 2.75 bits per heavy atom. The molecule has 0 atom stereocenters. The molecule has 2 aromatic rings. The van der Waals surface area contributed by atoms with Crippen LogP contribution in [-0.4, -0.2) is 31.4 Å². The quantitative estimate of drug-likeness (QED) is 0.666. The van der Waals surface area contributed by atoms with Gasteiger partial charge in [-0.3, -0.25) is 0 Å². The molecule has 0 aliphatic carbocycles. The van der Waals surface area contributed by atoms with Gasteiger partial charge in [-0.05, 0) is 30.3 Å². The van der Waals surface area contributed by atoms with Crippen molar-refractivity contribution in [3.8, 4) is 0 Å². The molecule has 0 saturated carbocycles. The first-order valence-electron chi connectivity index (χ1n) is 6.88. The van der Waals surface area contributed by atoms with Crippen LogP contribution in [0.4, 0.5) is 5.82 Å². The highest BCUT2D eigenvalue weighted by atomic mass is 32.1. The van der Waals surface area contributed by atoms with Crippen LogP contribution in [0.1, 0.15) is 20.8 Å². The van der Waals surface area contributed by atoms with E-state index < -0.39 is 8.32 Å². The Balaban J connectivity index is 1.84. The van der Waals surface area contributed by atoms with Crippen molar-refractivity contribution < 1.29 is 4.43 Å². The molecule has 0 spiro atoms. The predicted molar refractivity (Wildman–Crippen MR) is 89.1 cm³/mol. The molecule has 0 unspecified atom stereocenters. The van der Waals surface area contributed by atoms with Gasteiger partial charge in [0.2, 0.25) is 0 Å². The Morgan fingerprint density at radius 2 is 2.05 bits per heavy atom. The van der Waals surface area contributed by atoms with E-state index in [0.29, 0.717) is 0 Å². The first kappa shape index (κ1) is 15.4. The van der Waals surface area contributed by atoms with Crippen molar-refractivity contribution in [3.63, 3.8) is 0 Å². The molecule has 2 aromatic heterocycles. The lowest BCUT2D eigenvalue weighted by atomic mass is 10.2. The molecule has 1 N–H and O–H groups in total. The largest absolute Gasteiger partial charge is 0.415 e. The van der Waals surface area contributed by atoms with Gasteiger partial charge in [0, 0.05) is 6.54 Å². The standard InChI is InChI=1S/C14H23N3OSSi/c1-14(2,3)20(4,5)18-9-8-15-12-7-6-11-13(17-12)19-10-16-11/h6-7,10H,8-9H2,1-5H3,(H,15,17). The summed E-state index contributed by atoms with van der Waals surface area (Å²) in [4.78, 5) is 9.72. The van der Waals surface area contributed by atoms with Gasteiger partial charge in [0.1, 0.15) is 16.2 Å². The number of rotatable bonds is 5. The van der Waals surface area contributed by atoms with Crippen LogP contribution in [0.15, 0.2) is 17.6 Å². The lowest BCUT2D eigenvalue weighted by Gasteiger charge is -2.36. The monoisotopic (exact) mass is 309 g/mol. The van der Waals surface area contributed by atoms with Gasteiger partial charge in [0.15, 0.2) is 8.32 Å². The molecule has 4 nitrogen and oxygen atoms in total. The second-order valence-electron chi connectivity index (χ2n) is 6.41. The van der Waals surface area contributed by atoms with Gasteiger partial charge in [-0.1, -0.05) is 20.8 Å². The Hall–Kier alpha value is -0.983. The van der Waals surface area contributed by atoms with E-state index in [1.165, 1.54) is 0 Å². The van der Waals surface area contributed by atoms with Gasteiger partial charge in [-0.25, -0.2) is 9.97 Å². The number of nitrogens with one attached hydrogen (secondary N) is 1. The van der Waals surface area contributed by atoms with Gasteiger partial charge in [-0.2, -0.15) is 0 Å². The first-order valence-corrected chi connectivity index (χ1v) is 10.7. The molecule has 6 heteroatoms. The SMILES string of the molecule is CC(C)(C)[Si](C)(C)OCCNc1ccc2ncsc2n1. The third-order valence-electron chi connectivity index (χ3n) is 3.87. The molecule has 0 saturated heterocycles. The molecular weight excluding hydrogens is 286 g/mol. The fraction of sp³-hybridized carbons (Fsp3) is 0.571. The number of hydrogen-bond donors (Lipinski definition) is 1. The van der Waals surface area contributed by atoms with Crippen LogP contribution in [0.25, 0.3) is 10.3 Å². The van der Waals surface area contributed by atoms with Crippen molar-refractivity contribution in [1.29, 1.82) is 0 Å². The van der Waals surface area contributed by atoms with E-state index in [2.05, 4.69) is 49.1 Å². The summed E-state index contributed by atoms with van der Waals surface area (Å²) in [6, 6.07) is 3.96. The summed E-state index contributed by atoms with van der Waals surface area (Å²) in [7, 11) is -1.64. The average molecular weight is 310 g/mol. The molecule has 0 radical (unpaired) electrons. The van der Waals surface area contributed by atoms with Crippen molar-refractivity contribution in [2.75, 3.05) is 18.5 Å². The van der Waals surface area contributed by atoms with Crippen LogP contribution >= 0.6 is 11.3 Å². The first-order chi connectivity index (χ1) is 9.29. The molecule has 20 heavy (non-hydrogen) atoms. The second-order valence-corrected chi connectivity index (χ2v) is 12.1. The lowest BCUT2D eigenvalue weighted by Crippen LogP contribution is -2.41. The maximum Gasteiger partial charge on any atom is 0.192 e. The highest BCUT2D eigenvalue weighted by Crippen LogP contribution is 2.36. The second kappa shape index (κ2) is 5.79. The zero-order chi connectivity index (χ0) is 14.8. The number of fused-ring (bicyclic) bond motifs is 1. The summed E-state index contributed by atoms with van der Waals surface area (Å²) in [5.41, 5.74) is 2.78. The minimum Gasteiger partial charge on any atom is -0.415 e. The van der Waals surface area contributed by atoms with Crippen molar-refractivity contribution in [1.82, 2.24) is 9.97 Å². The lowest BCUT2D eigenvalue weighted by molar-refractivity contribution is 0.301. The Morgan fingerprint density at radius 1 is 1.30 bits per heavy atom. The molecule has 0 fully saturated rings. The van der Waals surface area contributed by atoms with Crippen LogP contribution in [0.3, 0.4) is 0 Å². The Kier molecular flexibility index (Phi) is 4.46. The molecule has 2 rings (SSSR count). The summed E-state index contributed by atoms with van der Waals surface area (Å²) in [5.74, 6) is 0.889. The predicted octanol–water partition coefficient (Wildman–Crippen LogP) is 4.13. The van der Waals surface area contributed by atoms with Crippen LogP contribution in [0.5, 0.6) is 0 Å². The maximum atomic E-state index is 6.13. The molecule has 110 valence electrons. The number of pyridine rings is 1. The number of nitrogens with zero attached hydrogens (tertiary/aromatic N) is 2. The van der Waals surface area contributed by atoms with Gasteiger partial charge in [0.05, 0.1) is 12.1 Å². The van der Waals surface area contributed by atoms with Crippen LogP contribution in [0.2, 0.25) is 18.1 Å². The fourth-order valence-corrected chi connectivity index (χ4v) is 3.26. The highest BCUT2D eigenvalue weighted by Gasteiger charge is 2.36. The van der Waals surface area contributed by atoms with Crippen LogP contribution in [-0.2, 0) is 4.43 Å². The number of aromatic nitrogens is 2. The Labute approximate surface area is 125 Å². The zero-order valence-corrected chi connectivity index (χ0v) is 14.7. The van der Waals surface area contributed by atoms with Gasteiger partial charge in [0.25, 0.3) is 0 Å². The fourth-order valence-electron chi connectivity index (χ4n) is 1.55. The van der Waals surface area contributed by atoms with E-state index in [9.17, 15) is 0 Å². The maximum absolute atomic E-state index is 6.13. The van der Waals surface area contributed by atoms with Crippen LogP contribution < -0.4 is 5.32 Å². The summed E-state index contributed by atoms with van der Waals surface area (Å²) in [6.07, 6.45) is 0. The third-order valence-corrected chi connectivity index (χ3v) is 9.15. The summed E-state index contributed by atoms with van der Waals surface area (Å²) < 4.78 is 6.13. The minimum absolute atomic E-state index is 0.257. The Bertz CT molecular complexity index is 577. The molecule has 0 aliphatic rings. The van der Waals surface area contributed by atoms with Gasteiger partial charge >= 0.3 is 0 Å². The average Bonchev–Trinajstić information content (AvgIpc) is 2.80. The van der Waals surface area contributed by atoms with Crippen molar-refractivity contribution in [2.45, 2.75) is 38.9 Å². The smallest absolute Gasteiger partial charge is 0.192 e. The number of thiazole rings is 1. The van der Waals surface area contributed by atoms with Crippen molar-refractivity contribution >= 4 is 35.8 Å². The van der Waals surface area contributed by atoms with E-state index in [1.807, 2.05) is 17.6 Å². The molecule has 0 amide bonds. The molecule has 0 aromatic carbocycles. The summed E-state index contributed by atoms with van der Waals surface area (Å²) >= 11 is 1.56. The molecule has 0 aliphatic heterocycles. The van der Waals surface area contributed by atoms with Gasteiger partial charge < -0.3 is 9.74 Å². The highest BCUT2D eigenvalue weighted by molar-refractivity contribution is 7.16. The van der Waals surface area contributed by atoms with E-state index in [4.69, 9.17) is 4.43 Å². The molecule has 0 bridgehead atoms. The molecular formula is C14H23N3OSSi. The van der Waals surface area contributed by atoms with Crippen LogP contribution in [0, 0.1) is 0 Å². The third kappa shape index (κ3) is 3.56. The van der Waals surface area contributed by atoms with Gasteiger partial charge in [-0.15, -0.1) is 11.3 Å². The zero-order valence-electron chi connectivity index (χ0n) is 12.9. The molecule has 2 heterocycles. The number of anilines is 1. The normalized spacial score (nSPS) is 12.8. The van der Waals surface area contributed by atoms with E-state index in [-0.39, 0.29) is 5.04 Å². The van der Waals surface area contributed by atoms with E-state index in [1.54, 1.807) is 11.3 Å². The minimum atomic E-state index is -1.64. The summed E-state index contributed by atoms with van der Waals surface area (Å²) in [6.45, 7) is 12.8. The van der Waals surface area contributed by atoms with E-state index in [0.717, 1.165) is 29.3 Å². The van der Waals surface area contributed by atoms with E-state index >= 15 is 0 Å². The number of hydrogen-bond acceptors (Lipinski definition) is 5. The van der Waals surface area contributed by atoms with Crippen molar-refractivity contribution in [2.24, 2.45) is 0 Å². The topological polar surface area (TPSA) is 47.0 Å². The summed E-state index contributed by atoms with van der Waals surface area (Å²) in [5, 5.41) is 3.57. The van der Waals surface area contributed by atoms with Crippen molar-refractivity contribution in [3.05, 3.63) is 17.6 Å².